The number of aromatic nitrogens is 1. The van der Waals surface area contributed by atoms with E-state index in [1.807, 2.05) is 23.9 Å². The first-order valence-electron chi connectivity index (χ1n) is 9.25. The largest absolute Gasteiger partial charge is 0.382 e. The van der Waals surface area contributed by atoms with Crippen LogP contribution in [0.5, 0.6) is 0 Å². The summed E-state index contributed by atoms with van der Waals surface area (Å²) >= 11 is 15.3. The molecule has 9 heteroatoms. The number of benzene rings is 2. The van der Waals surface area contributed by atoms with Crippen LogP contribution in [0.4, 0.5) is 16.6 Å². The fourth-order valence-corrected chi connectivity index (χ4v) is 4.96. The van der Waals surface area contributed by atoms with E-state index < -0.39 is 0 Å². The Bertz CT molecular complexity index is 1000. The SMILES string of the molecule is CN(C)CCCSc1ccc(Nc2nc(N)c(C(=O)c3c(Cl)cccc3Cl)s2)cc1. The summed E-state index contributed by atoms with van der Waals surface area (Å²) in [4.78, 5) is 20.9. The first kappa shape index (κ1) is 22.9. The molecule has 0 aliphatic heterocycles. The van der Waals surface area contributed by atoms with Gasteiger partial charge in [0.15, 0.2) is 5.13 Å². The molecule has 0 radical (unpaired) electrons. The molecule has 0 fully saturated rings. The van der Waals surface area contributed by atoms with Crippen LogP contribution in [0.15, 0.2) is 47.4 Å². The topological polar surface area (TPSA) is 71.2 Å². The van der Waals surface area contributed by atoms with Gasteiger partial charge >= 0.3 is 0 Å². The molecular weight excluding hydrogens is 459 g/mol. The minimum atomic E-state index is -0.335. The number of nitrogens with one attached hydrogen (secondary N) is 1. The van der Waals surface area contributed by atoms with Crippen LogP contribution in [-0.2, 0) is 0 Å². The molecule has 0 unspecified atom stereocenters. The fraction of sp³-hybridized carbons (Fsp3) is 0.238. The van der Waals surface area contributed by atoms with E-state index >= 15 is 0 Å². The quantitative estimate of drug-likeness (QED) is 0.220. The number of halogens is 2. The van der Waals surface area contributed by atoms with E-state index in [1.54, 1.807) is 18.2 Å². The van der Waals surface area contributed by atoms with Gasteiger partial charge in [-0.1, -0.05) is 40.6 Å². The van der Waals surface area contributed by atoms with E-state index in [-0.39, 0.29) is 27.2 Å². The van der Waals surface area contributed by atoms with Gasteiger partial charge in [0.2, 0.25) is 5.78 Å². The van der Waals surface area contributed by atoms with Gasteiger partial charge in [-0.2, -0.15) is 0 Å². The van der Waals surface area contributed by atoms with E-state index in [2.05, 4.69) is 41.4 Å². The lowest BCUT2D eigenvalue weighted by molar-refractivity contribution is 0.104. The molecule has 0 aliphatic rings. The van der Waals surface area contributed by atoms with E-state index in [0.29, 0.717) is 10.0 Å². The summed E-state index contributed by atoms with van der Waals surface area (Å²) in [6.45, 7) is 1.08. The van der Waals surface area contributed by atoms with Crippen molar-refractivity contribution in [2.45, 2.75) is 11.3 Å². The van der Waals surface area contributed by atoms with Crippen molar-refractivity contribution in [1.82, 2.24) is 9.88 Å². The second kappa shape index (κ2) is 10.5. The number of nitrogen functional groups attached to an aromatic ring is 1. The number of rotatable bonds is 9. The predicted octanol–water partition coefficient (Wildman–Crippen LogP) is 6.05. The minimum Gasteiger partial charge on any atom is -0.382 e. The molecule has 0 saturated carbocycles. The van der Waals surface area contributed by atoms with E-state index in [9.17, 15) is 4.79 Å². The lowest BCUT2D eigenvalue weighted by atomic mass is 10.1. The summed E-state index contributed by atoms with van der Waals surface area (Å²) in [5, 5.41) is 4.31. The number of carbonyl (C=O) groups is 1. The van der Waals surface area contributed by atoms with Crippen molar-refractivity contribution in [3.05, 3.63) is 63.0 Å². The highest BCUT2D eigenvalue weighted by Crippen LogP contribution is 2.34. The summed E-state index contributed by atoms with van der Waals surface area (Å²) in [5.74, 6) is 0.888. The zero-order chi connectivity index (χ0) is 21.7. The minimum absolute atomic E-state index is 0.150. The summed E-state index contributed by atoms with van der Waals surface area (Å²) in [7, 11) is 4.16. The number of ketones is 1. The molecule has 0 aliphatic carbocycles. The van der Waals surface area contributed by atoms with Crippen molar-refractivity contribution in [2.75, 3.05) is 37.4 Å². The van der Waals surface area contributed by atoms with Gasteiger partial charge in [-0.3, -0.25) is 4.79 Å². The van der Waals surface area contributed by atoms with Crippen LogP contribution in [0.3, 0.4) is 0 Å². The standard InChI is InChI=1S/C21H22Cl2N4OS2/c1-27(2)11-4-12-29-14-9-7-13(8-10-14)25-21-26-20(24)19(30-21)18(28)17-15(22)5-3-6-16(17)23/h3,5-10H,4,11-12,24H2,1-2H3,(H,25,26). The number of thioether (sulfide) groups is 1. The van der Waals surface area contributed by atoms with E-state index in [4.69, 9.17) is 28.9 Å². The van der Waals surface area contributed by atoms with Crippen LogP contribution in [0.2, 0.25) is 10.0 Å². The summed E-state index contributed by atoms with van der Waals surface area (Å²) in [6.07, 6.45) is 1.14. The van der Waals surface area contributed by atoms with Gasteiger partial charge in [0, 0.05) is 10.6 Å². The van der Waals surface area contributed by atoms with Gasteiger partial charge in [0.1, 0.15) is 10.7 Å². The molecule has 5 nitrogen and oxygen atoms in total. The first-order valence-corrected chi connectivity index (χ1v) is 11.8. The van der Waals surface area contributed by atoms with Crippen LogP contribution in [0.1, 0.15) is 21.7 Å². The molecule has 3 rings (SSSR count). The summed E-state index contributed by atoms with van der Waals surface area (Å²) in [5.41, 5.74) is 7.10. The normalized spacial score (nSPS) is 11.1. The molecule has 0 bridgehead atoms. The van der Waals surface area contributed by atoms with Crippen molar-refractivity contribution in [3.8, 4) is 0 Å². The van der Waals surface area contributed by atoms with Gasteiger partial charge in [0.05, 0.1) is 15.6 Å². The zero-order valence-electron chi connectivity index (χ0n) is 16.6. The molecular formula is C21H22Cl2N4OS2. The molecule has 158 valence electrons. The number of carbonyl (C=O) groups excluding carboxylic acids is 1. The second-order valence-electron chi connectivity index (χ2n) is 6.81. The third kappa shape index (κ3) is 5.89. The van der Waals surface area contributed by atoms with E-state index in [1.165, 1.54) is 16.2 Å². The molecule has 0 atom stereocenters. The maximum absolute atomic E-state index is 12.9. The lowest BCUT2D eigenvalue weighted by Gasteiger charge is -2.09. The highest BCUT2D eigenvalue weighted by Gasteiger charge is 2.22. The average molecular weight is 481 g/mol. The number of thiazole rings is 1. The van der Waals surface area contributed by atoms with Crippen LogP contribution < -0.4 is 11.1 Å². The second-order valence-corrected chi connectivity index (χ2v) is 9.80. The molecule has 0 amide bonds. The van der Waals surface area contributed by atoms with Crippen molar-refractivity contribution >= 4 is 68.7 Å². The number of anilines is 3. The summed E-state index contributed by atoms with van der Waals surface area (Å²) < 4.78 is 0. The van der Waals surface area contributed by atoms with Crippen LogP contribution >= 0.6 is 46.3 Å². The van der Waals surface area contributed by atoms with Crippen molar-refractivity contribution in [2.24, 2.45) is 0 Å². The third-order valence-corrected chi connectivity index (χ3v) is 6.89. The van der Waals surface area contributed by atoms with Crippen molar-refractivity contribution in [1.29, 1.82) is 0 Å². The molecule has 3 aromatic rings. The first-order chi connectivity index (χ1) is 14.3. The summed E-state index contributed by atoms with van der Waals surface area (Å²) in [6, 6.07) is 13.0. The predicted molar refractivity (Wildman–Crippen MR) is 130 cm³/mol. The van der Waals surface area contributed by atoms with Gasteiger partial charge in [-0.05, 0) is 69.2 Å². The molecule has 2 aromatic carbocycles. The van der Waals surface area contributed by atoms with Crippen LogP contribution in [-0.4, -0.2) is 42.1 Å². The highest BCUT2D eigenvalue weighted by atomic mass is 35.5. The molecule has 30 heavy (non-hydrogen) atoms. The van der Waals surface area contributed by atoms with Gasteiger partial charge in [-0.15, -0.1) is 11.8 Å². The van der Waals surface area contributed by atoms with Gasteiger partial charge < -0.3 is 16.0 Å². The molecule has 1 aromatic heterocycles. The Labute approximate surface area is 194 Å². The van der Waals surface area contributed by atoms with Gasteiger partial charge in [-0.25, -0.2) is 4.98 Å². The fourth-order valence-electron chi connectivity index (χ4n) is 2.71. The Hall–Kier alpha value is -1.77. The Balaban J connectivity index is 1.66. The van der Waals surface area contributed by atoms with Gasteiger partial charge in [0.25, 0.3) is 0 Å². The molecule has 0 saturated heterocycles. The Kier molecular flexibility index (Phi) is 8.02. The van der Waals surface area contributed by atoms with Crippen molar-refractivity contribution < 1.29 is 4.79 Å². The molecule has 0 spiro atoms. The van der Waals surface area contributed by atoms with E-state index in [0.717, 1.165) is 24.4 Å². The average Bonchev–Trinajstić information content (AvgIpc) is 3.06. The van der Waals surface area contributed by atoms with Crippen molar-refractivity contribution in [3.63, 3.8) is 0 Å². The third-order valence-electron chi connectivity index (χ3n) is 4.17. The monoisotopic (exact) mass is 480 g/mol. The number of hydrogen-bond acceptors (Lipinski definition) is 7. The zero-order valence-corrected chi connectivity index (χ0v) is 19.8. The maximum atomic E-state index is 12.9. The Morgan fingerprint density at radius 3 is 2.47 bits per heavy atom. The van der Waals surface area contributed by atoms with Crippen LogP contribution in [0.25, 0.3) is 0 Å². The number of hydrogen-bond donors (Lipinski definition) is 2. The molecule has 3 N–H and O–H groups in total. The number of nitrogens with zero attached hydrogens (tertiary/aromatic N) is 2. The Morgan fingerprint density at radius 2 is 1.83 bits per heavy atom. The maximum Gasteiger partial charge on any atom is 0.209 e. The smallest absolute Gasteiger partial charge is 0.209 e. The Morgan fingerprint density at radius 1 is 1.17 bits per heavy atom. The van der Waals surface area contributed by atoms with Crippen LogP contribution in [0, 0.1) is 0 Å². The lowest BCUT2D eigenvalue weighted by Crippen LogP contribution is -2.13. The molecule has 1 heterocycles. The number of nitrogens with two attached hydrogens (primary N) is 1. The highest BCUT2D eigenvalue weighted by molar-refractivity contribution is 7.99.